The smallest absolute Gasteiger partial charge is 0.126 e. The van der Waals surface area contributed by atoms with E-state index in [1.807, 2.05) is 24.0 Å². The summed E-state index contributed by atoms with van der Waals surface area (Å²) in [6.45, 7) is 0.761. The Labute approximate surface area is 151 Å². The minimum atomic E-state index is 0.143. The van der Waals surface area contributed by atoms with Crippen LogP contribution in [-0.4, -0.2) is 26.4 Å². The van der Waals surface area contributed by atoms with Crippen molar-refractivity contribution in [3.8, 4) is 5.75 Å². The molecular weight excluding hydrogens is 324 g/mol. The molecule has 1 N–H and O–H groups in total. The number of benzene rings is 2. The van der Waals surface area contributed by atoms with E-state index in [-0.39, 0.29) is 5.92 Å². The van der Waals surface area contributed by atoms with Gasteiger partial charge in [0, 0.05) is 54.3 Å². The van der Waals surface area contributed by atoms with E-state index in [4.69, 9.17) is 4.74 Å². The third-order valence-corrected chi connectivity index (χ3v) is 5.28. The molecule has 0 radical (unpaired) electrons. The van der Waals surface area contributed by atoms with Gasteiger partial charge in [-0.25, -0.2) is 4.98 Å². The molecule has 1 unspecified atom stereocenters. The molecule has 26 heavy (non-hydrogen) atoms. The molecule has 1 aliphatic heterocycles. The van der Waals surface area contributed by atoms with E-state index in [2.05, 4.69) is 51.5 Å². The van der Waals surface area contributed by atoms with Crippen molar-refractivity contribution in [2.24, 2.45) is 7.05 Å². The number of imidazole rings is 1. The summed E-state index contributed by atoms with van der Waals surface area (Å²) in [5, 5.41) is 5.88. The topological polar surface area (TPSA) is 55.7 Å². The molecule has 2 aromatic heterocycles. The van der Waals surface area contributed by atoms with Crippen molar-refractivity contribution in [3.63, 3.8) is 0 Å². The van der Waals surface area contributed by atoms with E-state index in [0.29, 0.717) is 0 Å². The van der Waals surface area contributed by atoms with Gasteiger partial charge in [-0.1, -0.05) is 36.4 Å². The summed E-state index contributed by atoms with van der Waals surface area (Å²) in [5.74, 6) is 1.18. The maximum atomic E-state index is 5.99. The fraction of sp³-hybridized carbons (Fsp3) is 0.238. The van der Waals surface area contributed by atoms with Crippen molar-refractivity contribution in [1.29, 1.82) is 0 Å². The van der Waals surface area contributed by atoms with Gasteiger partial charge in [0.05, 0.1) is 18.5 Å². The molecule has 0 aliphatic carbocycles. The van der Waals surface area contributed by atoms with Crippen LogP contribution in [0.25, 0.3) is 10.9 Å². The van der Waals surface area contributed by atoms with Gasteiger partial charge in [-0.2, -0.15) is 5.10 Å². The Morgan fingerprint density at radius 3 is 3.00 bits per heavy atom. The fourth-order valence-electron chi connectivity index (χ4n) is 4.00. The third kappa shape index (κ3) is 2.39. The second-order valence-corrected chi connectivity index (χ2v) is 6.79. The molecule has 5 nitrogen and oxygen atoms in total. The molecule has 0 fully saturated rings. The number of ether oxygens (including phenoxy) is 1. The minimum absolute atomic E-state index is 0.143. The van der Waals surface area contributed by atoms with Gasteiger partial charge >= 0.3 is 0 Å². The molecule has 0 bridgehead atoms. The lowest BCUT2D eigenvalue weighted by Crippen LogP contribution is -2.10. The van der Waals surface area contributed by atoms with Gasteiger partial charge in [-0.15, -0.1) is 0 Å². The summed E-state index contributed by atoms with van der Waals surface area (Å²) >= 11 is 0. The van der Waals surface area contributed by atoms with E-state index in [9.17, 15) is 0 Å². The Bertz CT molecular complexity index is 1070. The lowest BCUT2D eigenvalue weighted by atomic mass is 9.88. The van der Waals surface area contributed by atoms with Crippen molar-refractivity contribution < 1.29 is 4.74 Å². The van der Waals surface area contributed by atoms with Crippen molar-refractivity contribution in [3.05, 3.63) is 77.5 Å². The van der Waals surface area contributed by atoms with Gasteiger partial charge in [-0.3, -0.25) is 4.68 Å². The summed E-state index contributed by atoms with van der Waals surface area (Å²) in [7, 11) is 2.02. The third-order valence-electron chi connectivity index (χ3n) is 5.28. The van der Waals surface area contributed by atoms with E-state index >= 15 is 0 Å². The van der Waals surface area contributed by atoms with Gasteiger partial charge in [0.25, 0.3) is 0 Å². The summed E-state index contributed by atoms with van der Waals surface area (Å²) in [4.78, 5) is 7.57. The molecule has 4 aromatic rings. The van der Waals surface area contributed by atoms with Gasteiger partial charge in [0.15, 0.2) is 0 Å². The molecule has 3 heterocycles. The second kappa shape index (κ2) is 6.02. The van der Waals surface area contributed by atoms with Gasteiger partial charge < -0.3 is 9.72 Å². The monoisotopic (exact) mass is 344 g/mol. The lowest BCUT2D eigenvalue weighted by molar-refractivity contribution is 0.352. The SMILES string of the molecule is Cn1nc2ccccc2c1CC(c1cnc[nH]1)c1cccc2c1OCC2. The summed E-state index contributed by atoms with van der Waals surface area (Å²) < 4.78 is 7.99. The molecule has 5 rings (SSSR count). The highest BCUT2D eigenvalue weighted by molar-refractivity contribution is 5.81. The van der Waals surface area contributed by atoms with E-state index in [1.165, 1.54) is 22.2 Å². The molecule has 1 atom stereocenters. The van der Waals surface area contributed by atoms with Gasteiger partial charge in [0.1, 0.15) is 5.75 Å². The number of rotatable bonds is 4. The molecule has 0 amide bonds. The highest BCUT2D eigenvalue weighted by atomic mass is 16.5. The Kier molecular flexibility index (Phi) is 3.52. The standard InChI is InChI=1S/C21H20N4O/c1-25-20(16-6-2-3-8-18(16)24-25)11-17(19-12-22-13-23-19)15-7-4-5-14-9-10-26-21(14)15/h2-8,12-13,17H,9-11H2,1H3,(H,22,23). The number of para-hydroxylation sites is 1. The number of nitrogens with zero attached hydrogens (tertiary/aromatic N) is 3. The number of hydrogen-bond donors (Lipinski definition) is 1. The van der Waals surface area contributed by atoms with Crippen LogP contribution in [0.1, 0.15) is 28.4 Å². The van der Waals surface area contributed by atoms with Gasteiger partial charge in [0.2, 0.25) is 0 Å². The van der Waals surface area contributed by atoms with Crippen molar-refractivity contribution in [1.82, 2.24) is 19.7 Å². The molecule has 5 heteroatoms. The Hall–Kier alpha value is -3.08. The summed E-state index contributed by atoms with van der Waals surface area (Å²) in [5.41, 5.74) is 5.86. The van der Waals surface area contributed by atoms with E-state index in [1.54, 1.807) is 6.33 Å². The average Bonchev–Trinajstić information content (AvgIpc) is 3.39. The van der Waals surface area contributed by atoms with Crippen LogP contribution in [0.5, 0.6) is 5.75 Å². The Balaban J connectivity index is 1.64. The summed E-state index contributed by atoms with van der Waals surface area (Å²) in [6, 6.07) is 14.8. The fourth-order valence-corrected chi connectivity index (χ4v) is 4.00. The molecule has 0 saturated carbocycles. The number of nitrogens with one attached hydrogen (secondary N) is 1. The molecule has 0 saturated heterocycles. The normalized spacial score (nSPS) is 14.3. The molecule has 2 aromatic carbocycles. The first-order valence-corrected chi connectivity index (χ1v) is 8.95. The zero-order valence-electron chi connectivity index (χ0n) is 14.6. The molecule has 1 aliphatic rings. The highest BCUT2D eigenvalue weighted by Crippen LogP contribution is 2.39. The molecular formula is C21H20N4O. The maximum absolute atomic E-state index is 5.99. The molecule has 0 spiro atoms. The number of fused-ring (bicyclic) bond motifs is 2. The first kappa shape index (κ1) is 15.2. The average molecular weight is 344 g/mol. The van der Waals surface area contributed by atoms with Crippen LogP contribution in [0, 0.1) is 0 Å². The van der Waals surface area contributed by atoms with Crippen LogP contribution in [0.15, 0.2) is 55.0 Å². The van der Waals surface area contributed by atoms with Crippen molar-refractivity contribution in [2.75, 3.05) is 6.61 Å². The number of H-pyrrole nitrogens is 1. The zero-order valence-corrected chi connectivity index (χ0v) is 14.6. The maximum Gasteiger partial charge on any atom is 0.126 e. The van der Waals surface area contributed by atoms with E-state index < -0.39 is 0 Å². The predicted octanol–water partition coefficient (Wildman–Crippen LogP) is 3.61. The Morgan fingerprint density at radius 1 is 1.19 bits per heavy atom. The van der Waals surface area contributed by atoms with Crippen LogP contribution in [0.2, 0.25) is 0 Å². The quantitative estimate of drug-likeness (QED) is 0.615. The minimum Gasteiger partial charge on any atom is -0.493 e. The van der Waals surface area contributed by atoms with Gasteiger partial charge in [-0.05, 0) is 11.6 Å². The second-order valence-electron chi connectivity index (χ2n) is 6.79. The first-order valence-electron chi connectivity index (χ1n) is 8.95. The molecule has 130 valence electrons. The van der Waals surface area contributed by atoms with E-state index in [0.717, 1.165) is 36.4 Å². The van der Waals surface area contributed by atoms with Crippen LogP contribution in [-0.2, 0) is 19.9 Å². The predicted molar refractivity (Wildman–Crippen MR) is 100 cm³/mol. The first-order chi connectivity index (χ1) is 12.8. The number of aryl methyl sites for hydroxylation is 1. The number of aromatic amines is 1. The van der Waals surface area contributed by atoms with Crippen LogP contribution < -0.4 is 4.74 Å². The lowest BCUT2D eigenvalue weighted by Gasteiger charge is -2.19. The summed E-state index contributed by atoms with van der Waals surface area (Å²) in [6.07, 6.45) is 5.47. The van der Waals surface area contributed by atoms with Crippen molar-refractivity contribution in [2.45, 2.75) is 18.8 Å². The Morgan fingerprint density at radius 2 is 2.12 bits per heavy atom. The van der Waals surface area contributed by atoms with Crippen LogP contribution >= 0.6 is 0 Å². The number of hydrogen-bond acceptors (Lipinski definition) is 3. The van der Waals surface area contributed by atoms with Crippen molar-refractivity contribution >= 4 is 10.9 Å². The van der Waals surface area contributed by atoms with Crippen LogP contribution in [0.4, 0.5) is 0 Å². The number of aromatic nitrogens is 4. The zero-order chi connectivity index (χ0) is 17.5. The van der Waals surface area contributed by atoms with Crippen LogP contribution in [0.3, 0.4) is 0 Å². The largest absolute Gasteiger partial charge is 0.493 e. The highest BCUT2D eigenvalue weighted by Gasteiger charge is 2.26.